The number of amides is 1. The number of nitrogens with two attached hydrogens (primary N) is 1. The van der Waals surface area contributed by atoms with Crippen LogP contribution in [0, 0.1) is 0 Å². The molecule has 1 aliphatic heterocycles. The molecule has 1 heterocycles. The molecule has 1 saturated heterocycles. The molecular formula is C17H26N2O. The van der Waals surface area contributed by atoms with Crippen LogP contribution in [-0.2, 0) is 5.41 Å². The van der Waals surface area contributed by atoms with Gasteiger partial charge in [-0.1, -0.05) is 39.0 Å². The maximum absolute atomic E-state index is 12.9. The number of rotatable bonds is 2. The van der Waals surface area contributed by atoms with Crippen LogP contribution >= 0.6 is 0 Å². The Morgan fingerprint density at radius 3 is 2.65 bits per heavy atom. The van der Waals surface area contributed by atoms with Crippen molar-refractivity contribution >= 4 is 5.91 Å². The molecule has 1 aromatic carbocycles. The summed E-state index contributed by atoms with van der Waals surface area (Å²) < 4.78 is 0. The quantitative estimate of drug-likeness (QED) is 0.901. The van der Waals surface area contributed by atoms with E-state index in [2.05, 4.69) is 26.8 Å². The highest BCUT2D eigenvalue weighted by Gasteiger charge is 2.29. The van der Waals surface area contributed by atoms with Gasteiger partial charge in [-0.05, 0) is 36.3 Å². The number of piperidine rings is 1. The molecule has 3 heteroatoms. The fourth-order valence-electron chi connectivity index (χ4n) is 2.99. The van der Waals surface area contributed by atoms with Gasteiger partial charge in [0.05, 0.1) is 0 Å². The van der Waals surface area contributed by atoms with Gasteiger partial charge in [-0.3, -0.25) is 4.79 Å². The van der Waals surface area contributed by atoms with Crippen molar-refractivity contribution in [1.29, 1.82) is 0 Å². The Kier molecular flexibility index (Phi) is 4.48. The molecule has 1 amide bonds. The number of nitrogens with zero attached hydrogens (tertiary/aromatic N) is 1. The van der Waals surface area contributed by atoms with Crippen molar-refractivity contribution in [3.8, 4) is 0 Å². The zero-order valence-corrected chi connectivity index (χ0v) is 12.9. The van der Waals surface area contributed by atoms with Crippen molar-refractivity contribution in [3.63, 3.8) is 0 Å². The van der Waals surface area contributed by atoms with Gasteiger partial charge in [0.1, 0.15) is 0 Å². The molecule has 0 spiro atoms. The van der Waals surface area contributed by atoms with Crippen LogP contribution in [0.15, 0.2) is 24.3 Å². The van der Waals surface area contributed by atoms with E-state index in [9.17, 15) is 4.79 Å². The third kappa shape index (κ3) is 3.04. The largest absolute Gasteiger partial charge is 0.334 e. The Morgan fingerprint density at radius 1 is 1.30 bits per heavy atom. The number of carbonyl (C=O) groups is 1. The minimum Gasteiger partial charge on any atom is -0.334 e. The van der Waals surface area contributed by atoms with E-state index < -0.39 is 0 Å². The number of benzene rings is 1. The van der Waals surface area contributed by atoms with Crippen molar-refractivity contribution in [2.24, 2.45) is 5.73 Å². The van der Waals surface area contributed by atoms with Crippen LogP contribution in [0.25, 0.3) is 0 Å². The summed E-state index contributed by atoms with van der Waals surface area (Å²) in [5, 5.41) is 0. The lowest BCUT2D eigenvalue weighted by atomic mass is 9.83. The zero-order valence-electron chi connectivity index (χ0n) is 12.9. The normalized spacial score (nSPS) is 20.0. The van der Waals surface area contributed by atoms with Crippen LogP contribution in [0.5, 0.6) is 0 Å². The van der Waals surface area contributed by atoms with Gasteiger partial charge in [0.2, 0.25) is 0 Å². The Hall–Kier alpha value is -1.35. The van der Waals surface area contributed by atoms with Crippen LogP contribution in [0.4, 0.5) is 0 Å². The van der Waals surface area contributed by atoms with Gasteiger partial charge in [0.25, 0.3) is 5.91 Å². The highest BCUT2D eigenvalue weighted by molar-refractivity contribution is 5.96. The predicted octanol–water partition coefficient (Wildman–Crippen LogP) is 2.94. The molecule has 110 valence electrons. The molecule has 0 radical (unpaired) electrons. The van der Waals surface area contributed by atoms with Gasteiger partial charge in [0.15, 0.2) is 0 Å². The average Bonchev–Trinajstić information content (AvgIpc) is 2.45. The number of likely N-dealkylation sites (tertiary alicyclic amines) is 1. The Labute approximate surface area is 122 Å². The standard InChI is InChI=1S/C17H26N2O/c1-17(2,3)15-10-5-4-9-14(15)16(20)19-11-7-6-8-13(19)12-18/h4-5,9-10,13H,6-8,11-12,18H2,1-3H3. The summed E-state index contributed by atoms with van der Waals surface area (Å²) in [5.74, 6) is 0.144. The third-order valence-electron chi connectivity index (χ3n) is 4.13. The summed E-state index contributed by atoms with van der Waals surface area (Å²) in [6, 6.07) is 8.17. The molecule has 2 rings (SSSR count). The second kappa shape index (κ2) is 5.96. The molecule has 1 fully saturated rings. The molecule has 0 bridgehead atoms. The van der Waals surface area contributed by atoms with Crippen LogP contribution < -0.4 is 5.73 Å². The van der Waals surface area contributed by atoms with Crippen molar-refractivity contribution in [3.05, 3.63) is 35.4 Å². The molecule has 20 heavy (non-hydrogen) atoms. The van der Waals surface area contributed by atoms with Crippen LogP contribution in [0.1, 0.15) is 56.0 Å². The average molecular weight is 274 g/mol. The smallest absolute Gasteiger partial charge is 0.254 e. The molecule has 1 atom stereocenters. The van der Waals surface area contributed by atoms with Crippen molar-refractivity contribution in [1.82, 2.24) is 4.90 Å². The summed E-state index contributed by atoms with van der Waals surface area (Å²) in [6.07, 6.45) is 3.28. The van der Waals surface area contributed by atoms with E-state index in [0.717, 1.165) is 30.5 Å². The number of hydrogen-bond acceptors (Lipinski definition) is 2. The summed E-state index contributed by atoms with van der Waals surface area (Å²) in [4.78, 5) is 14.9. The lowest BCUT2D eigenvalue weighted by Crippen LogP contribution is -2.47. The maximum atomic E-state index is 12.9. The Bertz CT molecular complexity index is 476. The number of hydrogen-bond donors (Lipinski definition) is 1. The number of carbonyl (C=O) groups excluding carboxylic acids is 1. The topological polar surface area (TPSA) is 46.3 Å². The maximum Gasteiger partial charge on any atom is 0.254 e. The van der Waals surface area contributed by atoms with Crippen LogP contribution in [-0.4, -0.2) is 29.9 Å². The summed E-state index contributed by atoms with van der Waals surface area (Å²) in [5.41, 5.74) is 7.76. The summed E-state index contributed by atoms with van der Waals surface area (Å²) in [7, 11) is 0. The van der Waals surface area contributed by atoms with Gasteiger partial charge in [-0.15, -0.1) is 0 Å². The van der Waals surface area contributed by atoms with Crippen molar-refractivity contribution in [2.75, 3.05) is 13.1 Å². The highest BCUT2D eigenvalue weighted by Crippen LogP contribution is 2.28. The molecular weight excluding hydrogens is 248 g/mol. The lowest BCUT2D eigenvalue weighted by Gasteiger charge is -2.36. The van der Waals surface area contributed by atoms with Gasteiger partial charge >= 0.3 is 0 Å². The van der Waals surface area contributed by atoms with E-state index in [1.54, 1.807) is 0 Å². The molecule has 3 nitrogen and oxygen atoms in total. The van der Waals surface area contributed by atoms with Gasteiger partial charge in [-0.25, -0.2) is 0 Å². The molecule has 1 unspecified atom stereocenters. The minimum absolute atomic E-state index is 0.0275. The second-order valence-corrected chi connectivity index (χ2v) is 6.68. The fourth-order valence-corrected chi connectivity index (χ4v) is 2.99. The van der Waals surface area contributed by atoms with E-state index in [0.29, 0.717) is 6.54 Å². The predicted molar refractivity (Wildman–Crippen MR) is 82.9 cm³/mol. The minimum atomic E-state index is -0.0275. The molecule has 2 N–H and O–H groups in total. The lowest BCUT2D eigenvalue weighted by molar-refractivity contribution is 0.0621. The molecule has 1 aromatic rings. The fraction of sp³-hybridized carbons (Fsp3) is 0.588. The van der Waals surface area contributed by atoms with E-state index >= 15 is 0 Å². The monoisotopic (exact) mass is 274 g/mol. The SMILES string of the molecule is CC(C)(C)c1ccccc1C(=O)N1CCCCC1CN. The van der Waals surface area contributed by atoms with E-state index in [1.807, 2.05) is 23.1 Å². The Balaban J connectivity index is 2.33. The molecule has 0 saturated carbocycles. The van der Waals surface area contributed by atoms with Gasteiger partial charge < -0.3 is 10.6 Å². The van der Waals surface area contributed by atoms with E-state index in [-0.39, 0.29) is 17.4 Å². The first-order chi connectivity index (χ1) is 9.45. The van der Waals surface area contributed by atoms with Gasteiger partial charge in [-0.2, -0.15) is 0 Å². The molecule has 1 aliphatic rings. The highest BCUT2D eigenvalue weighted by atomic mass is 16.2. The van der Waals surface area contributed by atoms with Crippen LogP contribution in [0.3, 0.4) is 0 Å². The first kappa shape index (κ1) is 15.0. The van der Waals surface area contributed by atoms with E-state index in [1.165, 1.54) is 6.42 Å². The first-order valence-corrected chi connectivity index (χ1v) is 7.55. The molecule has 0 aromatic heterocycles. The summed E-state index contributed by atoms with van der Waals surface area (Å²) in [6.45, 7) is 7.84. The zero-order chi connectivity index (χ0) is 14.8. The third-order valence-corrected chi connectivity index (χ3v) is 4.13. The van der Waals surface area contributed by atoms with Gasteiger partial charge in [0, 0.05) is 24.7 Å². The van der Waals surface area contributed by atoms with Crippen LogP contribution in [0.2, 0.25) is 0 Å². The second-order valence-electron chi connectivity index (χ2n) is 6.68. The summed E-state index contributed by atoms with van der Waals surface area (Å²) >= 11 is 0. The van der Waals surface area contributed by atoms with Crippen molar-refractivity contribution in [2.45, 2.75) is 51.5 Å². The van der Waals surface area contributed by atoms with E-state index in [4.69, 9.17) is 5.73 Å². The molecule has 0 aliphatic carbocycles. The first-order valence-electron chi connectivity index (χ1n) is 7.55. The Morgan fingerprint density at radius 2 is 2.00 bits per heavy atom. The van der Waals surface area contributed by atoms with Crippen molar-refractivity contribution < 1.29 is 4.79 Å².